The average Bonchev–Trinajstić information content (AvgIpc) is 2.81. The SMILES string of the molecule is CC(=O)c1c(O)[nH]c2cc(Cl)c(-c3ccc(C(C)C)cc3)cc12. The summed E-state index contributed by atoms with van der Waals surface area (Å²) in [6, 6.07) is 11.8. The number of fused-ring (bicyclic) bond motifs is 1. The van der Waals surface area contributed by atoms with E-state index in [-0.39, 0.29) is 11.7 Å². The molecule has 23 heavy (non-hydrogen) atoms. The van der Waals surface area contributed by atoms with Crippen molar-refractivity contribution in [3.8, 4) is 17.0 Å². The molecule has 0 aliphatic heterocycles. The molecule has 3 aromatic rings. The Hall–Kier alpha value is -2.26. The maximum atomic E-state index is 11.8. The standard InChI is InChI=1S/C19H18ClNO2/c1-10(2)12-4-6-13(7-5-12)14-8-15-17(9-16(14)20)21-19(23)18(15)11(3)22/h4-10,21,23H,1-3H3. The highest BCUT2D eigenvalue weighted by molar-refractivity contribution is 6.34. The van der Waals surface area contributed by atoms with Crippen LogP contribution in [0.3, 0.4) is 0 Å². The van der Waals surface area contributed by atoms with Gasteiger partial charge in [0, 0.05) is 10.9 Å². The first kappa shape index (κ1) is 15.6. The summed E-state index contributed by atoms with van der Waals surface area (Å²) >= 11 is 6.39. The molecule has 3 nitrogen and oxygen atoms in total. The summed E-state index contributed by atoms with van der Waals surface area (Å²) in [6.07, 6.45) is 0. The van der Waals surface area contributed by atoms with E-state index < -0.39 is 0 Å². The first-order valence-electron chi connectivity index (χ1n) is 7.54. The molecule has 2 aromatic carbocycles. The van der Waals surface area contributed by atoms with Crippen LogP contribution >= 0.6 is 11.6 Å². The van der Waals surface area contributed by atoms with Gasteiger partial charge in [-0.25, -0.2) is 0 Å². The molecule has 0 atom stereocenters. The lowest BCUT2D eigenvalue weighted by atomic mass is 9.97. The number of rotatable bonds is 3. The predicted molar refractivity (Wildman–Crippen MR) is 94.5 cm³/mol. The van der Waals surface area contributed by atoms with E-state index in [9.17, 15) is 9.90 Å². The molecular formula is C19H18ClNO2. The van der Waals surface area contributed by atoms with Crippen molar-refractivity contribution >= 4 is 28.3 Å². The third-order valence-electron chi connectivity index (χ3n) is 4.11. The zero-order valence-corrected chi connectivity index (χ0v) is 14.0. The largest absolute Gasteiger partial charge is 0.494 e. The second-order valence-corrected chi connectivity index (χ2v) is 6.47. The molecule has 118 valence electrons. The van der Waals surface area contributed by atoms with Crippen molar-refractivity contribution < 1.29 is 9.90 Å². The Balaban J connectivity index is 2.19. The number of aromatic amines is 1. The molecule has 1 aromatic heterocycles. The number of benzene rings is 2. The van der Waals surface area contributed by atoms with Gasteiger partial charge in [0.05, 0.1) is 16.1 Å². The number of hydrogen-bond donors (Lipinski definition) is 2. The van der Waals surface area contributed by atoms with Crippen LogP contribution in [0.2, 0.25) is 5.02 Å². The maximum Gasteiger partial charge on any atom is 0.200 e. The van der Waals surface area contributed by atoms with Crippen molar-refractivity contribution in [3.63, 3.8) is 0 Å². The Kier molecular flexibility index (Phi) is 3.90. The van der Waals surface area contributed by atoms with Crippen molar-refractivity contribution in [1.29, 1.82) is 0 Å². The summed E-state index contributed by atoms with van der Waals surface area (Å²) < 4.78 is 0. The van der Waals surface area contributed by atoms with E-state index in [1.165, 1.54) is 12.5 Å². The van der Waals surface area contributed by atoms with Gasteiger partial charge in [0.2, 0.25) is 5.88 Å². The lowest BCUT2D eigenvalue weighted by Crippen LogP contribution is -1.91. The molecule has 0 saturated heterocycles. The van der Waals surface area contributed by atoms with E-state index in [1.807, 2.05) is 18.2 Å². The van der Waals surface area contributed by atoms with Crippen molar-refractivity contribution in [2.75, 3.05) is 0 Å². The van der Waals surface area contributed by atoms with E-state index >= 15 is 0 Å². The van der Waals surface area contributed by atoms with Gasteiger partial charge in [0.25, 0.3) is 0 Å². The second-order valence-electron chi connectivity index (χ2n) is 6.06. The van der Waals surface area contributed by atoms with Crippen LogP contribution < -0.4 is 0 Å². The van der Waals surface area contributed by atoms with Gasteiger partial charge in [-0.3, -0.25) is 4.79 Å². The van der Waals surface area contributed by atoms with Gasteiger partial charge in [0.15, 0.2) is 5.78 Å². The Morgan fingerprint density at radius 1 is 1.17 bits per heavy atom. The van der Waals surface area contributed by atoms with Gasteiger partial charge < -0.3 is 10.1 Å². The van der Waals surface area contributed by atoms with Gasteiger partial charge in [-0.1, -0.05) is 49.7 Å². The van der Waals surface area contributed by atoms with Gasteiger partial charge >= 0.3 is 0 Å². The summed E-state index contributed by atoms with van der Waals surface area (Å²) in [7, 11) is 0. The first-order valence-corrected chi connectivity index (χ1v) is 7.91. The van der Waals surface area contributed by atoms with Crippen LogP contribution in [-0.4, -0.2) is 15.9 Å². The molecule has 0 unspecified atom stereocenters. The number of carbonyl (C=O) groups is 1. The Labute approximate surface area is 139 Å². The highest BCUT2D eigenvalue weighted by Crippen LogP contribution is 2.36. The molecule has 4 heteroatoms. The van der Waals surface area contributed by atoms with Crippen LogP contribution in [0.4, 0.5) is 0 Å². The highest BCUT2D eigenvalue weighted by atomic mass is 35.5. The number of ketones is 1. The molecule has 0 radical (unpaired) electrons. The van der Waals surface area contributed by atoms with E-state index in [0.717, 1.165) is 11.1 Å². The number of hydrogen-bond acceptors (Lipinski definition) is 2. The lowest BCUT2D eigenvalue weighted by molar-refractivity contribution is 0.101. The molecule has 0 aliphatic carbocycles. The van der Waals surface area contributed by atoms with Crippen LogP contribution in [0.5, 0.6) is 5.88 Å². The van der Waals surface area contributed by atoms with E-state index in [4.69, 9.17) is 11.6 Å². The summed E-state index contributed by atoms with van der Waals surface area (Å²) in [5, 5.41) is 11.2. The number of carbonyl (C=O) groups excluding carboxylic acids is 1. The summed E-state index contributed by atoms with van der Waals surface area (Å²) in [5.41, 5.74) is 4.04. The van der Waals surface area contributed by atoms with Crippen LogP contribution in [0.25, 0.3) is 22.0 Å². The van der Waals surface area contributed by atoms with Gasteiger partial charge in [0.1, 0.15) is 0 Å². The van der Waals surface area contributed by atoms with Gasteiger partial charge in [-0.15, -0.1) is 0 Å². The molecule has 2 N–H and O–H groups in total. The zero-order chi connectivity index (χ0) is 16.7. The molecule has 3 rings (SSSR count). The fraction of sp³-hybridized carbons (Fsp3) is 0.211. The fourth-order valence-corrected chi connectivity index (χ4v) is 3.10. The molecule has 0 fully saturated rings. The zero-order valence-electron chi connectivity index (χ0n) is 13.3. The number of aromatic hydroxyl groups is 1. The summed E-state index contributed by atoms with van der Waals surface area (Å²) in [5.74, 6) is 0.168. The second kappa shape index (κ2) is 5.74. The Morgan fingerprint density at radius 3 is 2.39 bits per heavy atom. The molecule has 1 heterocycles. The number of H-pyrrole nitrogens is 1. The first-order chi connectivity index (χ1) is 10.9. The van der Waals surface area contributed by atoms with Crippen LogP contribution in [-0.2, 0) is 0 Å². The lowest BCUT2D eigenvalue weighted by Gasteiger charge is -2.09. The molecule has 0 aliphatic rings. The van der Waals surface area contributed by atoms with Crippen LogP contribution in [0.15, 0.2) is 36.4 Å². The molecule has 0 spiro atoms. The van der Waals surface area contributed by atoms with Gasteiger partial charge in [-0.2, -0.15) is 0 Å². The number of Topliss-reactive ketones (excluding diaryl/α,β-unsaturated/α-hetero) is 1. The van der Waals surface area contributed by atoms with Crippen molar-refractivity contribution in [3.05, 3.63) is 52.5 Å². The third-order valence-corrected chi connectivity index (χ3v) is 4.42. The minimum atomic E-state index is -0.183. The van der Waals surface area contributed by atoms with Crippen LogP contribution in [0.1, 0.15) is 42.6 Å². The summed E-state index contributed by atoms with van der Waals surface area (Å²) in [6.45, 7) is 5.74. The molecule has 0 amide bonds. The topological polar surface area (TPSA) is 53.1 Å². The monoisotopic (exact) mass is 327 g/mol. The van der Waals surface area contributed by atoms with Crippen molar-refractivity contribution in [2.45, 2.75) is 26.7 Å². The minimum Gasteiger partial charge on any atom is -0.494 e. The third kappa shape index (κ3) is 2.73. The van der Waals surface area contributed by atoms with Crippen molar-refractivity contribution in [2.24, 2.45) is 0 Å². The molecule has 0 bridgehead atoms. The number of halogens is 1. The number of aromatic nitrogens is 1. The summed E-state index contributed by atoms with van der Waals surface area (Å²) in [4.78, 5) is 14.6. The predicted octanol–water partition coefficient (Wildman–Crippen LogP) is 5.52. The number of nitrogens with one attached hydrogen (secondary N) is 1. The Morgan fingerprint density at radius 2 is 1.83 bits per heavy atom. The smallest absolute Gasteiger partial charge is 0.200 e. The highest BCUT2D eigenvalue weighted by Gasteiger charge is 2.17. The van der Waals surface area contributed by atoms with Crippen molar-refractivity contribution in [1.82, 2.24) is 4.98 Å². The normalized spacial score (nSPS) is 11.3. The van der Waals surface area contributed by atoms with E-state index in [1.54, 1.807) is 6.07 Å². The average molecular weight is 328 g/mol. The quantitative estimate of drug-likeness (QED) is 0.622. The van der Waals surface area contributed by atoms with Crippen LogP contribution in [0, 0.1) is 0 Å². The fourth-order valence-electron chi connectivity index (χ4n) is 2.83. The van der Waals surface area contributed by atoms with Gasteiger partial charge in [-0.05, 0) is 36.1 Å². The Bertz CT molecular complexity index is 892. The van der Waals surface area contributed by atoms with E-state index in [2.05, 4.69) is 31.0 Å². The minimum absolute atomic E-state index is 0.115. The maximum absolute atomic E-state index is 11.8. The molecular weight excluding hydrogens is 310 g/mol. The molecule has 0 saturated carbocycles. The van der Waals surface area contributed by atoms with E-state index in [0.29, 0.717) is 27.4 Å².